The molecule has 1 aliphatic heterocycles. The summed E-state index contributed by atoms with van der Waals surface area (Å²) in [6.45, 7) is 5.74. The SMILES string of the molecule is COc1ccc(N2CC[NH+](C[C@@H](O)COCc3ccccc3)CC2)cc1. The van der Waals surface area contributed by atoms with Gasteiger partial charge in [0, 0.05) is 5.69 Å². The highest BCUT2D eigenvalue weighted by Gasteiger charge is 2.22. The molecule has 26 heavy (non-hydrogen) atoms. The van der Waals surface area contributed by atoms with Gasteiger partial charge in [-0.25, -0.2) is 0 Å². The minimum atomic E-state index is -0.416. The molecule has 0 bridgehead atoms. The van der Waals surface area contributed by atoms with Gasteiger partial charge in [0.25, 0.3) is 0 Å². The Bertz CT molecular complexity index is 640. The number of anilines is 1. The van der Waals surface area contributed by atoms with Crippen molar-refractivity contribution < 1.29 is 19.5 Å². The third kappa shape index (κ3) is 5.46. The number of hydrogen-bond acceptors (Lipinski definition) is 4. The summed E-state index contributed by atoms with van der Waals surface area (Å²) in [4.78, 5) is 3.83. The Balaban J connectivity index is 1.36. The molecule has 3 rings (SSSR count). The average molecular weight is 357 g/mol. The second-order valence-electron chi connectivity index (χ2n) is 6.79. The van der Waals surface area contributed by atoms with E-state index in [1.165, 1.54) is 10.6 Å². The lowest BCUT2D eigenvalue weighted by molar-refractivity contribution is -0.903. The van der Waals surface area contributed by atoms with Crippen LogP contribution in [0.1, 0.15) is 5.56 Å². The number of piperazine rings is 1. The van der Waals surface area contributed by atoms with Gasteiger partial charge in [0.05, 0.1) is 46.5 Å². The third-order valence-electron chi connectivity index (χ3n) is 4.85. The molecule has 2 aromatic carbocycles. The van der Waals surface area contributed by atoms with Crippen LogP contribution in [0.3, 0.4) is 0 Å². The van der Waals surface area contributed by atoms with Crippen molar-refractivity contribution in [2.75, 3.05) is 51.3 Å². The highest BCUT2D eigenvalue weighted by Crippen LogP contribution is 2.18. The molecule has 0 aliphatic carbocycles. The van der Waals surface area contributed by atoms with Gasteiger partial charge in [-0.1, -0.05) is 30.3 Å². The van der Waals surface area contributed by atoms with E-state index in [9.17, 15) is 5.11 Å². The Morgan fingerprint density at radius 1 is 1.04 bits per heavy atom. The number of aliphatic hydroxyl groups excluding tert-OH is 1. The summed E-state index contributed by atoms with van der Waals surface area (Å²) in [6.07, 6.45) is -0.416. The van der Waals surface area contributed by atoms with Crippen molar-refractivity contribution in [2.24, 2.45) is 0 Å². The van der Waals surface area contributed by atoms with Crippen molar-refractivity contribution in [3.8, 4) is 5.75 Å². The van der Waals surface area contributed by atoms with Crippen LogP contribution in [0.5, 0.6) is 5.75 Å². The van der Waals surface area contributed by atoms with Crippen LogP contribution in [0.15, 0.2) is 54.6 Å². The molecular weight excluding hydrogens is 328 g/mol. The molecule has 1 aliphatic rings. The van der Waals surface area contributed by atoms with Gasteiger partial charge >= 0.3 is 0 Å². The number of benzene rings is 2. The van der Waals surface area contributed by atoms with Crippen molar-refractivity contribution in [3.05, 3.63) is 60.2 Å². The van der Waals surface area contributed by atoms with Crippen LogP contribution in [-0.4, -0.2) is 57.7 Å². The number of ether oxygens (including phenoxy) is 2. The molecular formula is C21H29N2O3+. The van der Waals surface area contributed by atoms with Crippen LogP contribution in [0.4, 0.5) is 5.69 Å². The van der Waals surface area contributed by atoms with Crippen molar-refractivity contribution in [1.82, 2.24) is 0 Å². The van der Waals surface area contributed by atoms with Gasteiger partial charge in [0.1, 0.15) is 18.4 Å². The van der Waals surface area contributed by atoms with Crippen LogP contribution in [0, 0.1) is 0 Å². The predicted octanol–water partition coefficient (Wildman–Crippen LogP) is 0.978. The lowest BCUT2D eigenvalue weighted by atomic mass is 10.2. The van der Waals surface area contributed by atoms with E-state index in [0.717, 1.165) is 44.0 Å². The van der Waals surface area contributed by atoms with Gasteiger partial charge in [-0.05, 0) is 29.8 Å². The molecule has 2 aromatic rings. The van der Waals surface area contributed by atoms with E-state index in [1.807, 2.05) is 42.5 Å². The van der Waals surface area contributed by atoms with E-state index in [0.29, 0.717) is 13.2 Å². The summed E-state index contributed by atoms with van der Waals surface area (Å²) in [6, 6.07) is 18.3. The predicted molar refractivity (Wildman–Crippen MR) is 103 cm³/mol. The fourth-order valence-electron chi connectivity index (χ4n) is 3.36. The fourth-order valence-corrected chi connectivity index (χ4v) is 3.36. The first-order valence-electron chi connectivity index (χ1n) is 9.27. The summed E-state index contributed by atoms with van der Waals surface area (Å²) in [5.41, 5.74) is 2.37. The van der Waals surface area contributed by atoms with Crippen LogP contribution in [-0.2, 0) is 11.3 Å². The summed E-state index contributed by atoms with van der Waals surface area (Å²) >= 11 is 0. The van der Waals surface area contributed by atoms with Crippen molar-refractivity contribution >= 4 is 5.69 Å². The Labute approximate surface area is 155 Å². The van der Waals surface area contributed by atoms with Crippen LogP contribution < -0.4 is 14.5 Å². The van der Waals surface area contributed by atoms with E-state index in [2.05, 4.69) is 17.0 Å². The highest BCUT2D eigenvalue weighted by atomic mass is 16.5. The minimum Gasteiger partial charge on any atom is -0.497 e. The van der Waals surface area contributed by atoms with Crippen molar-refractivity contribution in [2.45, 2.75) is 12.7 Å². The molecule has 0 spiro atoms. The van der Waals surface area contributed by atoms with Crippen LogP contribution in [0.2, 0.25) is 0 Å². The number of methoxy groups -OCH3 is 1. The molecule has 0 radical (unpaired) electrons. The zero-order valence-electron chi connectivity index (χ0n) is 15.4. The molecule has 0 aromatic heterocycles. The summed E-state index contributed by atoms with van der Waals surface area (Å²) < 4.78 is 10.9. The van der Waals surface area contributed by atoms with Crippen molar-refractivity contribution in [3.63, 3.8) is 0 Å². The molecule has 0 unspecified atom stereocenters. The third-order valence-corrected chi connectivity index (χ3v) is 4.85. The summed E-state index contributed by atoms with van der Waals surface area (Å²) in [7, 11) is 1.69. The van der Waals surface area contributed by atoms with E-state index >= 15 is 0 Å². The molecule has 1 atom stereocenters. The largest absolute Gasteiger partial charge is 0.497 e. The number of aliphatic hydroxyl groups is 1. The molecule has 140 valence electrons. The first-order valence-corrected chi connectivity index (χ1v) is 9.27. The quantitative estimate of drug-likeness (QED) is 0.739. The molecule has 1 saturated heterocycles. The maximum absolute atomic E-state index is 10.2. The van der Waals surface area contributed by atoms with Gasteiger partial charge in [0.2, 0.25) is 0 Å². The monoisotopic (exact) mass is 357 g/mol. The van der Waals surface area contributed by atoms with Crippen molar-refractivity contribution in [1.29, 1.82) is 0 Å². The van der Waals surface area contributed by atoms with Gasteiger partial charge in [-0.2, -0.15) is 0 Å². The molecule has 1 heterocycles. The fraction of sp³-hybridized carbons (Fsp3) is 0.429. The van der Waals surface area contributed by atoms with Gasteiger partial charge in [0.15, 0.2) is 0 Å². The molecule has 0 amide bonds. The van der Waals surface area contributed by atoms with Gasteiger partial charge in [-0.3, -0.25) is 0 Å². The van der Waals surface area contributed by atoms with Crippen LogP contribution in [0.25, 0.3) is 0 Å². The smallest absolute Gasteiger partial charge is 0.126 e. The molecule has 0 saturated carbocycles. The van der Waals surface area contributed by atoms with E-state index in [4.69, 9.17) is 9.47 Å². The Morgan fingerprint density at radius 2 is 1.73 bits per heavy atom. The molecule has 5 nitrogen and oxygen atoms in total. The Hall–Kier alpha value is -2.08. The van der Waals surface area contributed by atoms with E-state index in [1.54, 1.807) is 7.11 Å². The lowest BCUT2D eigenvalue weighted by Crippen LogP contribution is -3.16. The summed E-state index contributed by atoms with van der Waals surface area (Å²) in [5, 5.41) is 10.2. The zero-order valence-corrected chi connectivity index (χ0v) is 15.4. The maximum atomic E-state index is 10.2. The molecule has 2 N–H and O–H groups in total. The second-order valence-corrected chi connectivity index (χ2v) is 6.79. The Kier molecular flexibility index (Phi) is 6.89. The van der Waals surface area contributed by atoms with E-state index < -0.39 is 6.10 Å². The molecule has 5 heteroatoms. The minimum absolute atomic E-state index is 0.389. The number of nitrogens with one attached hydrogen (secondary N) is 1. The van der Waals surface area contributed by atoms with Gasteiger partial charge in [-0.15, -0.1) is 0 Å². The normalized spacial score (nSPS) is 16.5. The topological polar surface area (TPSA) is 46.4 Å². The first kappa shape index (κ1) is 18.7. The van der Waals surface area contributed by atoms with Crippen LogP contribution >= 0.6 is 0 Å². The van der Waals surface area contributed by atoms with Gasteiger partial charge < -0.3 is 24.4 Å². The lowest BCUT2D eigenvalue weighted by Gasteiger charge is -2.34. The number of nitrogens with zero attached hydrogens (tertiary/aromatic N) is 1. The first-order chi connectivity index (χ1) is 12.7. The highest BCUT2D eigenvalue weighted by molar-refractivity contribution is 5.49. The number of quaternary nitrogens is 1. The number of rotatable bonds is 8. The second kappa shape index (κ2) is 9.57. The zero-order chi connectivity index (χ0) is 18.2. The Morgan fingerprint density at radius 3 is 2.38 bits per heavy atom. The summed E-state index contributed by atoms with van der Waals surface area (Å²) in [5.74, 6) is 0.886. The van der Waals surface area contributed by atoms with E-state index in [-0.39, 0.29) is 0 Å². The maximum Gasteiger partial charge on any atom is 0.126 e. The molecule has 1 fully saturated rings. The number of hydrogen-bond donors (Lipinski definition) is 2. The standard InChI is InChI=1S/C21H28N2O3/c1-25-21-9-7-19(8-10-21)23-13-11-22(12-14-23)15-20(24)17-26-16-18-5-3-2-4-6-18/h2-10,20,24H,11-17H2,1H3/p+1/t20-/m1/s1. The average Bonchev–Trinajstić information content (AvgIpc) is 2.69.